The summed E-state index contributed by atoms with van der Waals surface area (Å²) in [4.78, 5) is 6.54. The van der Waals surface area contributed by atoms with E-state index in [1.807, 2.05) is 4.90 Å². The van der Waals surface area contributed by atoms with Gasteiger partial charge in [-0.3, -0.25) is 0 Å². The molecule has 0 amide bonds. The number of pyridine rings is 1. The molecule has 0 aliphatic carbocycles. The lowest BCUT2D eigenvalue weighted by Gasteiger charge is -2.20. The number of halogens is 1. The summed E-state index contributed by atoms with van der Waals surface area (Å²) in [5, 5.41) is 3.23. The lowest BCUT2D eigenvalue weighted by molar-refractivity contribution is 0.364. The number of rotatable bonds is 1. The molecule has 8 heteroatoms. The van der Waals surface area contributed by atoms with Gasteiger partial charge in [0.05, 0.1) is 6.54 Å². The number of nitrogens with zero attached hydrogens (tertiary/aromatic N) is 3. The topological polar surface area (TPSA) is 65.5 Å². The van der Waals surface area contributed by atoms with Gasteiger partial charge in [0.1, 0.15) is 22.7 Å². The Bertz CT molecular complexity index is 681. The predicted octanol–water partition coefficient (Wildman–Crippen LogP) is 0.818. The average molecular weight is 312 g/mol. The number of hydrogen-bond acceptors (Lipinski definition) is 5. The normalized spacial score (nSPS) is 33.4. The van der Waals surface area contributed by atoms with Crippen molar-refractivity contribution in [3.05, 3.63) is 12.1 Å². The Kier molecular flexibility index (Phi) is 2.87. The monoisotopic (exact) mass is 312 g/mol. The molecule has 3 aliphatic heterocycles. The van der Waals surface area contributed by atoms with Gasteiger partial charge in [-0.2, -0.15) is 4.31 Å². The standard InChI is InChI=1S/C13H17FN4O2S/c14-9-3-5-17(7-9)12-2-1-11-13(16-12)15-10-4-6-18(8-10)21(11,19)20/h1-2,9-10H,3-8H2,(H,15,16)/t9-,10?/m0/s1. The molecule has 2 unspecified atom stereocenters. The van der Waals surface area contributed by atoms with Crippen LogP contribution in [0, 0.1) is 0 Å². The zero-order valence-electron chi connectivity index (χ0n) is 11.5. The van der Waals surface area contributed by atoms with Gasteiger partial charge >= 0.3 is 0 Å². The molecule has 6 nitrogen and oxygen atoms in total. The van der Waals surface area contributed by atoms with Crippen molar-refractivity contribution in [2.75, 3.05) is 36.4 Å². The maximum Gasteiger partial charge on any atom is 0.246 e. The van der Waals surface area contributed by atoms with Crippen molar-refractivity contribution in [3.8, 4) is 0 Å². The molecule has 3 aliphatic rings. The molecular formula is C13H17FN4O2S. The van der Waals surface area contributed by atoms with E-state index in [4.69, 9.17) is 0 Å². The van der Waals surface area contributed by atoms with E-state index in [2.05, 4.69) is 10.3 Å². The number of alkyl halides is 1. The van der Waals surface area contributed by atoms with Gasteiger partial charge in [-0.25, -0.2) is 17.8 Å². The number of anilines is 2. The predicted molar refractivity (Wildman–Crippen MR) is 76.7 cm³/mol. The van der Waals surface area contributed by atoms with Gasteiger partial charge in [0.2, 0.25) is 10.0 Å². The van der Waals surface area contributed by atoms with Gasteiger partial charge in [0, 0.05) is 25.7 Å². The minimum atomic E-state index is -3.46. The fraction of sp³-hybridized carbons (Fsp3) is 0.615. The molecule has 4 rings (SSSR count). The van der Waals surface area contributed by atoms with Crippen molar-refractivity contribution >= 4 is 21.7 Å². The van der Waals surface area contributed by atoms with Crippen LogP contribution in [0.25, 0.3) is 0 Å². The summed E-state index contributed by atoms with van der Waals surface area (Å²) in [7, 11) is -3.46. The van der Waals surface area contributed by atoms with Crippen LogP contribution in [0.4, 0.5) is 16.0 Å². The summed E-state index contributed by atoms with van der Waals surface area (Å²) >= 11 is 0. The Morgan fingerprint density at radius 2 is 2.10 bits per heavy atom. The van der Waals surface area contributed by atoms with E-state index in [0.29, 0.717) is 44.2 Å². The van der Waals surface area contributed by atoms with Crippen LogP contribution in [0.5, 0.6) is 0 Å². The Balaban J connectivity index is 1.75. The quantitative estimate of drug-likeness (QED) is 0.831. The van der Waals surface area contributed by atoms with E-state index in [9.17, 15) is 12.8 Å². The van der Waals surface area contributed by atoms with Crippen molar-refractivity contribution < 1.29 is 12.8 Å². The lowest BCUT2D eigenvalue weighted by Crippen LogP contribution is -2.28. The van der Waals surface area contributed by atoms with Crippen LogP contribution in [0.1, 0.15) is 12.8 Å². The largest absolute Gasteiger partial charge is 0.365 e. The van der Waals surface area contributed by atoms with Crippen LogP contribution in [-0.4, -0.2) is 56.1 Å². The Labute approximate surface area is 123 Å². The Morgan fingerprint density at radius 3 is 2.86 bits per heavy atom. The SMILES string of the molecule is O=S1(=O)c2ccc(N3CC[C@H](F)C3)nc2NC2CCN1C2. The first-order valence-corrected chi connectivity index (χ1v) is 8.65. The second-order valence-electron chi connectivity index (χ2n) is 5.84. The van der Waals surface area contributed by atoms with Gasteiger partial charge < -0.3 is 10.2 Å². The van der Waals surface area contributed by atoms with Crippen LogP contribution < -0.4 is 10.2 Å². The van der Waals surface area contributed by atoms with Crippen LogP contribution >= 0.6 is 0 Å². The zero-order chi connectivity index (χ0) is 14.6. The smallest absolute Gasteiger partial charge is 0.246 e. The van der Waals surface area contributed by atoms with Crippen molar-refractivity contribution in [1.82, 2.24) is 9.29 Å². The lowest BCUT2D eigenvalue weighted by atomic mass is 10.2. The summed E-state index contributed by atoms with van der Waals surface area (Å²) in [6.45, 7) is 1.99. The maximum absolute atomic E-state index is 13.3. The molecule has 0 radical (unpaired) electrons. The van der Waals surface area contributed by atoms with Gasteiger partial charge in [0.15, 0.2) is 0 Å². The Morgan fingerprint density at radius 1 is 1.24 bits per heavy atom. The minimum absolute atomic E-state index is 0.108. The van der Waals surface area contributed by atoms with Crippen molar-refractivity contribution in [2.45, 2.75) is 30.0 Å². The number of hydrogen-bond donors (Lipinski definition) is 1. The van der Waals surface area contributed by atoms with Crippen LogP contribution in [0.2, 0.25) is 0 Å². The number of sulfonamides is 1. The fourth-order valence-corrected chi connectivity index (χ4v) is 4.84. The van der Waals surface area contributed by atoms with Crippen LogP contribution in [0.15, 0.2) is 17.0 Å². The van der Waals surface area contributed by atoms with Crippen molar-refractivity contribution in [3.63, 3.8) is 0 Å². The summed E-state index contributed by atoms with van der Waals surface area (Å²) < 4.78 is 39.9. The van der Waals surface area contributed by atoms with Gasteiger partial charge in [-0.1, -0.05) is 0 Å². The van der Waals surface area contributed by atoms with Crippen molar-refractivity contribution in [1.29, 1.82) is 0 Å². The van der Waals surface area contributed by atoms with Gasteiger partial charge in [-0.15, -0.1) is 0 Å². The van der Waals surface area contributed by atoms with E-state index >= 15 is 0 Å². The third kappa shape index (κ3) is 2.08. The number of nitrogens with one attached hydrogen (secondary N) is 1. The minimum Gasteiger partial charge on any atom is -0.365 e. The molecule has 0 spiro atoms. The number of fused-ring (bicyclic) bond motifs is 3. The molecule has 1 N–H and O–H groups in total. The molecule has 2 fully saturated rings. The highest BCUT2D eigenvalue weighted by atomic mass is 32.2. The van der Waals surface area contributed by atoms with Gasteiger partial charge in [-0.05, 0) is 25.0 Å². The molecule has 114 valence electrons. The second kappa shape index (κ2) is 4.54. The van der Waals surface area contributed by atoms with Crippen LogP contribution in [0.3, 0.4) is 0 Å². The molecular weight excluding hydrogens is 295 g/mol. The molecule has 3 atom stereocenters. The van der Waals surface area contributed by atoms with E-state index in [0.717, 1.165) is 6.42 Å². The highest BCUT2D eigenvalue weighted by Gasteiger charge is 2.38. The first-order chi connectivity index (χ1) is 10.0. The molecule has 4 heterocycles. The Hall–Kier alpha value is -1.41. The third-order valence-corrected chi connectivity index (χ3v) is 6.30. The summed E-state index contributed by atoms with van der Waals surface area (Å²) in [6, 6.07) is 3.37. The van der Waals surface area contributed by atoms with Crippen LogP contribution in [-0.2, 0) is 10.0 Å². The third-order valence-electron chi connectivity index (χ3n) is 4.41. The highest BCUT2D eigenvalue weighted by Crippen LogP contribution is 2.33. The molecule has 2 saturated heterocycles. The van der Waals surface area contributed by atoms with E-state index in [1.165, 1.54) is 4.31 Å². The maximum atomic E-state index is 13.3. The molecule has 2 bridgehead atoms. The summed E-state index contributed by atoms with van der Waals surface area (Å²) in [6.07, 6.45) is 0.464. The van der Waals surface area contributed by atoms with E-state index < -0.39 is 16.2 Å². The van der Waals surface area contributed by atoms with Gasteiger partial charge in [0.25, 0.3) is 0 Å². The molecule has 1 aromatic heterocycles. The number of aromatic nitrogens is 1. The van der Waals surface area contributed by atoms with Crippen molar-refractivity contribution in [2.24, 2.45) is 0 Å². The van der Waals surface area contributed by atoms with E-state index in [1.54, 1.807) is 12.1 Å². The first kappa shape index (κ1) is 13.3. The fourth-order valence-electron chi connectivity index (χ4n) is 3.25. The molecule has 0 aromatic carbocycles. The highest BCUT2D eigenvalue weighted by molar-refractivity contribution is 7.89. The summed E-state index contributed by atoms with van der Waals surface area (Å²) in [5.74, 6) is 1.05. The molecule has 21 heavy (non-hydrogen) atoms. The average Bonchev–Trinajstić information content (AvgIpc) is 3.05. The summed E-state index contributed by atoms with van der Waals surface area (Å²) in [5.41, 5.74) is 0. The molecule has 1 aromatic rings. The second-order valence-corrected chi connectivity index (χ2v) is 7.75. The van der Waals surface area contributed by atoms with E-state index in [-0.39, 0.29) is 10.9 Å². The molecule has 0 saturated carbocycles. The first-order valence-electron chi connectivity index (χ1n) is 7.21. The zero-order valence-corrected chi connectivity index (χ0v) is 12.3.